The quantitative estimate of drug-likeness (QED) is 0.527. The van der Waals surface area contributed by atoms with Crippen LogP contribution in [0.15, 0.2) is 54.9 Å². The van der Waals surface area contributed by atoms with E-state index >= 15 is 0 Å². The van der Waals surface area contributed by atoms with E-state index in [0.717, 1.165) is 5.56 Å². The molecule has 0 unspecified atom stereocenters. The molecule has 1 N–H and O–H groups in total. The van der Waals surface area contributed by atoms with E-state index in [4.69, 9.17) is 16.3 Å². The van der Waals surface area contributed by atoms with Gasteiger partial charge in [0.25, 0.3) is 0 Å². The van der Waals surface area contributed by atoms with E-state index in [1.54, 1.807) is 42.7 Å². The van der Waals surface area contributed by atoms with Crippen LogP contribution in [0.3, 0.4) is 0 Å². The highest BCUT2D eigenvalue weighted by atomic mass is 35.5. The van der Waals surface area contributed by atoms with Crippen molar-refractivity contribution < 1.29 is 9.53 Å². The van der Waals surface area contributed by atoms with E-state index in [1.165, 1.54) is 0 Å². The van der Waals surface area contributed by atoms with Crippen LogP contribution in [0.2, 0.25) is 5.15 Å². The van der Waals surface area contributed by atoms with E-state index in [0.29, 0.717) is 28.0 Å². The minimum Gasteiger partial charge on any atom is -0.459 e. The van der Waals surface area contributed by atoms with Crippen LogP contribution < -0.4 is 5.32 Å². The summed E-state index contributed by atoms with van der Waals surface area (Å²) in [5.41, 5.74) is 2.70. The van der Waals surface area contributed by atoms with Crippen LogP contribution in [-0.4, -0.2) is 27.0 Å². The fraction of sp³-hybridized carbons (Fsp3) is 0.158. The van der Waals surface area contributed by atoms with Crippen molar-refractivity contribution >= 4 is 29.2 Å². The predicted octanol–water partition coefficient (Wildman–Crippen LogP) is 4.50. The van der Waals surface area contributed by atoms with Crippen LogP contribution in [-0.2, 0) is 4.74 Å². The van der Waals surface area contributed by atoms with E-state index in [-0.39, 0.29) is 12.1 Å². The van der Waals surface area contributed by atoms with E-state index in [9.17, 15) is 4.79 Å². The summed E-state index contributed by atoms with van der Waals surface area (Å²) in [6, 6.07) is 12.3. The lowest BCUT2D eigenvalue weighted by Gasteiger charge is -2.10. The molecular formula is C19H17ClN4O2. The molecule has 1 aromatic carbocycles. The van der Waals surface area contributed by atoms with Gasteiger partial charge in [0.2, 0.25) is 5.95 Å². The molecule has 0 bridgehead atoms. The average molecular weight is 369 g/mol. The number of aromatic nitrogens is 3. The number of rotatable bonds is 5. The van der Waals surface area contributed by atoms with Gasteiger partial charge in [0, 0.05) is 23.6 Å². The first-order chi connectivity index (χ1) is 12.5. The fourth-order valence-electron chi connectivity index (χ4n) is 2.28. The van der Waals surface area contributed by atoms with E-state index in [2.05, 4.69) is 20.3 Å². The predicted molar refractivity (Wildman–Crippen MR) is 101 cm³/mol. The van der Waals surface area contributed by atoms with Crippen LogP contribution in [0, 0.1) is 0 Å². The first kappa shape index (κ1) is 17.8. The summed E-state index contributed by atoms with van der Waals surface area (Å²) < 4.78 is 5.21. The van der Waals surface area contributed by atoms with E-state index in [1.807, 2.05) is 26.0 Å². The molecule has 3 aromatic rings. The number of pyridine rings is 1. The van der Waals surface area contributed by atoms with Gasteiger partial charge in [-0.15, -0.1) is 0 Å². The number of nitrogens with zero attached hydrogens (tertiary/aromatic N) is 3. The summed E-state index contributed by atoms with van der Waals surface area (Å²) in [6.45, 7) is 3.62. The summed E-state index contributed by atoms with van der Waals surface area (Å²) in [7, 11) is 0. The average Bonchev–Trinajstić information content (AvgIpc) is 2.62. The van der Waals surface area contributed by atoms with Crippen LogP contribution in [0.25, 0.3) is 11.3 Å². The third kappa shape index (κ3) is 4.55. The Morgan fingerprint density at radius 3 is 2.69 bits per heavy atom. The second kappa shape index (κ2) is 7.93. The molecule has 0 aliphatic carbocycles. The Morgan fingerprint density at radius 1 is 1.12 bits per heavy atom. The molecule has 3 rings (SSSR count). The smallest absolute Gasteiger partial charge is 0.338 e. The minimum absolute atomic E-state index is 0.175. The molecule has 7 heteroatoms. The Hall–Kier alpha value is -2.99. The summed E-state index contributed by atoms with van der Waals surface area (Å²) >= 11 is 5.93. The van der Waals surface area contributed by atoms with Gasteiger partial charge < -0.3 is 10.1 Å². The van der Waals surface area contributed by atoms with Gasteiger partial charge >= 0.3 is 5.97 Å². The molecule has 0 saturated heterocycles. The summed E-state index contributed by atoms with van der Waals surface area (Å²) in [6.07, 6.45) is 3.10. The molecule has 0 aliphatic heterocycles. The van der Waals surface area contributed by atoms with Gasteiger partial charge in [-0.1, -0.05) is 17.7 Å². The molecule has 6 nitrogen and oxygen atoms in total. The van der Waals surface area contributed by atoms with Crippen molar-refractivity contribution in [2.24, 2.45) is 0 Å². The number of nitrogens with one attached hydrogen (secondary N) is 1. The van der Waals surface area contributed by atoms with Crippen molar-refractivity contribution in [3.05, 3.63) is 65.6 Å². The number of ether oxygens (including phenoxy) is 1. The summed E-state index contributed by atoms with van der Waals surface area (Å²) in [4.78, 5) is 24.7. The molecule has 2 aromatic heterocycles. The van der Waals surface area contributed by atoms with Crippen LogP contribution in [0.5, 0.6) is 0 Å². The normalized spacial score (nSPS) is 10.6. The molecule has 0 aliphatic rings. The standard InChI is InChI=1S/C19H17ClN4O2/c1-12(2)26-18(25)14-4-3-5-15(10-14)23-19-22-9-7-16(24-19)13-6-8-21-17(20)11-13/h3-12H,1-2H3,(H,22,23,24). The lowest BCUT2D eigenvalue weighted by molar-refractivity contribution is 0.0378. The zero-order chi connectivity index (χ0) is 18.5. The second-order valence-corrected chi connectivity index (χ2v) is 6.18. The summed E-state index contributed by atoms with van der Waals surface area (Å²) in [5, 5.41) is 3.49. The third-order valence-corrected chi connectivity index (χ3v) is 3.58. The van der Waals surface area contributed by atoms with Crippen molar-refractivity contribution in [1.29, 1.82) is 0 Å². The van der Waals surface area contributed by atoms with Gasteiger partial charge in [-0.25, -0.2) is 19.7 Å². The zero-order valence-electron chi connectivity index (χ0n) is 14.3. The zero-order valence-corrected chi connectivity index (χ0v) is 15.1. The first-order valence-electron chi connectivity index (χ1n) is 8.04. The van der Waals surface area contributed by atoms with Crippen molar-refractivity contribution in [1.82, 2.24) is 15.0 Å². The van der Waals surface area contributed by atoms with Gasteiger partial charge in [-0.3, -0.25) is 0 Å². The van der Waals surface area contributed by atoms with Crippen molar-refractivity contribution in [3.8, 4) is 11.3 Å². The highest BCUT2D eigenvalue weighted by Crippen LogP contribution is 2.21. The Bertz CT molecular complexity index is 931. The van der Waals surface area contributed by atoms with Gasteiger partial charge in [0.15, 0.2) is 0 Å². The number of anilines is 2. The topological polar surface area (TPSA) is 77.0 Å². The molecular weight excluding hydrogens is 352 g/mol. The van der Waals surface area contributed by atoms with Gasteiger partial charge in [0.05, 0.1) is 17.4 Å². The molecule has 0 atom stereocenters. The molecule has 0 saturated carbocycles. The molecule has 0 fully saturated rings. The number of carbonyl (C=O) groups is 1. The monoisotopic (exact) mass is 368 g/mol. The van der Waals surface area contributed by atoms with Crippen molar-refractivity contribution in [2.75, 3.05) is 5.32 Å². The number of carbonyl (C=O) groups excluding carboxylic acids is 1. The molecule has 2 heterocycles. The van der Waals surface area contributed by atoms with E-state index < -0.39 is 0 Å². The molecule has 26 heavy (non-hydrogen) atoms. The number of halogens is 1. The second-order valence-electron chi connectivity index (χ2n) is 5.79. The highest BCUT2D eigenvalue weighted by molar-refractivity contribution is 6.29. The summed E-state index contributed by atoms with van der Waals surface area (Å²) in [5.74, 6) is 0.0366. The molecule has 0 amide bonds. The van der Waals surface area contributed by atoms with Crippen molar-refractivity contribution in [3.63, 3.8) is 0 Å². The largest absolute Gasteiger partial charge is 0.459 e. The number of benzene rings is 1. The highest BCUT2D eigenvalue weighted by Gasteiger charge is 2.10. The van der Waals surface area contributed by atoms with Crippen molar-refractivity contribution in [2.45, 2.75) is 20.0 Å². The number of hydrogen-bond donors (Lipinski definition) is 1. The van der Waals surface area contributed by atoms with Crippen LogP contribution in [0.4, 0.5) is 11.6 Å². The lowest BCUT2D eigenvalue weighted by Crippen LogP contribution is -2.11. The van der Waals surface area contributed by atoms with Crippen LogP contribution in [0.1, 0.15) is 24.2 Å². The lowest BCUT2D eigenvalue weighted by atomic mass is 10.2. The molecule has 0 radical (unpaired) electrons. The first-order valence-corrected chi connectivity index (χ1v) is 8.42. The Balaban J connectivity index is 1.81. The maximum Gasteiger partial charge on any atom is 0.338 e. The Kier molecular flexibility index (Phi) is 5.43. The third-order valence-electron chi connectivity index (χ3n) is 3.38. The maximum absolute atomic E-state index is 12.0. The van der Waals surface area contributed by atoms with Gasteiger partial charge in [0.1, 0.15) is 5.15 Å². The Labute approximate surface area is 156 Å². The fourth-order valence-corrected chi connectivity index (χ4v) is 2.45. The molecule has 132 valence electrons. The minimum atomic E-state index is -0.371. The SMILES string of the molecule is CC(C)OC(=O)c1cccc(Nc2nccc(-c3ccnc(Cl)c3)n2)c1. The van der Waals surface area contributed by atoms with Gasteiger partial charge in [-0.2, -0.15) is 0 Å². The Morgan fingerprint density at radius 2 is 1.92 bits per heavy atom. The number of esters is 1. The molecule has 0 spiro atoms. The van der Waals surface area contributed by atoms with Crippen LogP contribution >= 0.6 is 11.6 Å². The van der Waals surface area contributed by atoms with Gasteiger partial charge in [-0.05, 0) is 50.2 Å². The maximum atomic E-state index is 12.0. The number of hydrogen-bond acceptors (Lipinski definition) is 6.